The number of carbonyl (C=O) groups is 1. The quantitative estimate of drug-likeness (QED) is 0.579. The summed E-state index contributed by atoms with van der Waals surface area (Å²) in [5, 5.41) is 0.442. The first-order chi connectivity index (χ1) is 9.06. The van der Waals surface area contributed by atoms with Gasteiger partial charge in [0.25, 0.3) is 0 Å². The van der Waals surface area contributed by atoms with Crippen LogP contribution in [0.15, 0.2) is 11.2 Å². The molecular weight excluding hydrogens is 262 g/mol. The summed E-state index contributed by atoms with van der Waals surface area (Å²) in [6.45, 7) is 5.61. The monoisotopic (exact) mass is 283 g/mol. The molecule has 0 atom stereocenters. The highest BCUT2D eigenvalue weighted by atomic mass is 32.2. The fraction of sp³-hybridized carbons (Fsp3) is 0.583. The molecule has 0 aliphatic carbocycles. The van der Waals surface area contributed by atoms with E-state index in [0.29, 0.717) is 22.5 Å². The minimum absolute atomic E-state index is 0.0885. The summed E-state index contributed by atoms with van der Waals surface area (Å²) in [4.78, 5) is 21.9. The van der Waals surface area contributed by atoms with Gasteiger partial charge in [0, 0.05) is 19.2 Å². The summed E-state index contributed by atoms with van der Waals surface area (Å²) in [6.07, 6.45) is 2.10. The van der Waals surface area contributed by atoms with E-state index in [9.17, 15) is 4.79 Å². The van der Waals surface area contributed by atoms with E-state index in [-0.39, 0.29) is 5.91 Å². The lowest BCUT2D eigenvalue weighted by atomic mass is 10.3. The fourth-order valence-electron chi connectivity index (χ4n) is 1.55. The Kier molecular flexibility index (Phi) is 6.41. The van der Waals surface area contributed by atoms with Crippen molar-refractivity contribution in [2.45, 2.75) is 31.8 Å². The number of anilines is 2. The zero-order chi connectivity index (χ0) is 14.3. The molecule has 4 N–H and O–H groups in total. The lowest BCUT2D eigenvalue weighted by Gasteiger charge is -2.20. The van der Waals surface area contributed by atoms with Crippen molar-refractivity contribution in [3.05, 3.63) is 6.07 Å². The van der Waals surface area contributed by atoms with Crippen LogP contribution < -0.4 is 11.5 Å². The second-order valence-electron chi connectivity index (χ2n) is 4.12. The van der Waals surface area contributed by atoms with E-state index in [0.717, 1.165) is 25.9 Å². The summed E-state index contributed by atoms with van der Waals surface area (Å²) in [5.41, 5.74) is 11.2. The first-order valence-corrected chi connectivity index (χ1v) is 7.36. The Labute approximate surface area is 118 Å². The molecule has 0 saturated heterocycles. The van der Waals surface area contributed by atoms with Crippen molar-refractivity contribution in [1.82, 2.24) is 14.9 Å². The molecule has 7 heteroatoms. The van der Waals surface area contributed by atoms with E-state index >= 15 is 0 Å². The highest BCUT2D eigenvalue weighted by molar-refractivity contribution is 7.99. The molecule has 1 amide bonds. The number of carbonyl (C=O) groups excluding carboxylic acids is 1. The molecule has 0 fully saturated rings. The second-order valence-corrected chi connectivity index (χ2v) is 5.06. The zero-order valence-electron chi connectivity index (χ0n) is 11.4. The first-order valence-electron chi connectivity index (χ1n) is 6.37. The molecule has 0 radical (unpaired) electrons. The number of amides is 1. The number of nitrogen functional groups attached to an aromatic ring is 2. The van der Waals surface area contributed by atoms with Crippen molar-refractivity contribution in [1.29, 1.82) is 0 Å². The van der Waals surface area contributed by atoms with Gasteiger partial charge in [-0.05, 0) is 13.3 Å². The van der Waals surface area contributed by atoms with Gasteiger partial charge in [0.1, 0.15) is 11.6 Å². The Bertz CT molecular complexity index is 406. The minimum atomic E-state index is 0.0885. The third-order valence-electron chi connectivity index (χ3n) is 2.59. The summed E-state index contributed by atoms with van der Waals surface area (Å²) in [5.74, 6) is 1.03. The van der Waals surface area contributed by atoms with Gasteiger partial charge >= 0.3 is 0 Å². The van der Waals surface area contributed by atoms with Gasteiger partial charge in [-0.15, -0.1) is 0 Å². The molecule has 1 rings (SSSR count). The molecule has 0 unspecified atom stereocenters. The normalized spacial score (nSPS) is 10.4. The number of unbranched alkanes of at least 4 members (excludes halogenated alkanes) is 1. The van der Waals surface area contributed by atoms with Crippen molar-refractivity contribution >= 4 is 29.3 Å². The predicted molar refractivity (Wildman–Crippen MR) is 78.7 cm³/mol. The molecule has 6 nitrogen and oxygen atoms in total. The van der Waals surface area contributed by atoms with E-state index in [1.807, 2.05) is 11.8 Å². The Morgan fingerprint density at radius 3 is 2.47 bits per heavy atom. The van der Waals surface area contributed by atoms with Gasteiger partial charge in [0.05, 0.1) is 5.75 Å². The molecule has 1 heterocycles. The van der Waals surface area contributed by atoms with Crippen LogP contribution >= 0.6 is 11.8 Å². The van der Waals surface area contributed by atoms with E-state index in [4.69, 9.17) is 11.5 Å². The van der Waals surface area contributed by atoms with Gasteiger partial charge < -0.3 is 16.4 Å². The van der Waals surface area contributed by atoms with Gasteiger partial charge in [-0.25, -0.2) is 9.97 Å². The molecule has 1 aromatic heterocycles. The van der Waals surface area contributed by atoms with Crippen LogP contribution in [0.3, 0.4) is 0 Å². The minimum Gasteiger partial charge on any atom is -0.383 e. The number of nitrogens with zero attached hydrogens (tertiary/aromatic N) is 3. The first kappa shape index (κ1) is 15.6. The Morgan fingerprint density at radius 2 is 1.95 bits per heavy atom. The van der Waals surface area contributed by atoms with Crippen molar-refractivity contribution in [2.75, 3.05) is 30.3 Å². The number of rotatable bonds is 7. The molecule has 0 aromatic carbocycles. The number of hydrogen-bond acceptors (Lipinski definition) is 6. The van der Waals surface area contributed by atoms with Crippen LogP contribution in [0.25, 0.3) is 0 Å². The maximum Gasteiger partial charge on any atom is 0.233 e. The largest absolute Gasteiger partial charge is 0.383 e. The highest BCUT2D eigenvalue weighted by Crippen LogP contribution is 2.16. The average molecular weight is 283 g/mol. The molecule has 19 heavy (non-hydrogen) atoms. The third-order valence-corrected chi connectivity index (χ3v) is 3.42. The molecule has 106 valence electrons. The standard InChI is InChI=1S/C12H21N5OS/c1-3-5-6-17(4-2)11(18)8-19-12-15-9(13)7-10(14)16-12/h7H,3-6,8H2,1-2H3,(H4,13,14,15,16). The van der Waals surface area contributed by atoms with E-state index in [1.165, 1.54) is 17.8 Å². The molecule has 0 spiro atoms. The van der Waals surface area contributed by atoms with Crippen molar-refractivity contribution < 1.29 is 4.79 Å². The number of hydrogen-bond donors (Lipinski definition) is 2. The van der Waals surface area contributed by atoms with Gasteiger partial charge in [-0.1, -0.05) is 25.1 Å². The summed E-state index contributed by atoms with van der Waals surface area (Å²) in [6, 6.07) is 1.49. The highest BCUT2D eigenvalue weighted by Gasteiger charge is 2.12. The average Bonchev–Trinajstić information content (AvgIpc) is 2.36. The molecule has 0 aliphatic rings. The predicted octanol–water partition coefficient (Wildman–Crippen LogP) is 1.38. The molecule has 1 aromatic rings. The van der Waals surface area contributed by atoms with Crippen LogP contribution in [0, 0.1) is 0 Å². The van der Waals surface area contributed by atoms with Crippen molar-refractivity contribution in [2.24, 2.45) is 0 Å². The van der Waals surface area contributed by atoms with Gasteiger partial charge in [0.2, 0.25) is 5.91 Å². The third kappa shape index (κ3) is 5.34. The summed E-state index contributed by atoms with van der Waals surface area (Å²) in [7, 11) is 0. The van der Waals surface area contributed by atoms with Crippen LogP contribution in [0.1, 0.15) is 26.7 Å². The maximum absolute atomic E-state index is 12.0. The lowest BCUT2D eigenvalue weighted by Crippen LogP contribution is -2.33. The van der Waals surface area contributed by atoms with Crippen LogP contribution in [0.4, 0.5) is 11.6 Å². The van der Waals surface area contributed by atoms with Crippen LogP contribution in [0.2, 0.25) is 0 Å². The lowest BCUT2D eigenvalue weighted by molar-refractivity contribution is -0.128. The van der Waals surface area contributed by atoms with Gasteiger partial charge in [-0.3, -0.25) is 4.79 Å². The fourth-order valence-corrected chi connectivity index (χ4v) is 2.33. The van der Waals surface area contributed by atoms with E-state index < -0.39 is 0 Å². The van der Waals surface area contributed by atoms with Crippen molar-refractivity contribution in [3.63, 3.8) is 0 Å². The SMILES string of the molecule is CCCCN(CC)C(=O)CSc1nc(N)cc(N)n1. The van der Waals surface area contributed by atoms with Crippen LogP contribution in [0.5, 0.6) is 0 Å². The number of aromatic nitrogens is 2. The molecular formula is C12H21N5OS. The zero-order valence-corrected chi connectivity index (χ0v) is 12.2. The maximum atomic E-state index is 12.0. The van der Waals surface area contributed by atoms with E-state index in [2.05, 4.69) is 16.9 Å². The molecule has 0 aliphatic heterocycles. The van der Waals surface area contributed by atoms with Crippen LogP contribution in [-0.4, -0.2) is 39.6 Å². The van der Waals surface area contributed by atoms with Gasteiger partial charge in [-0.2, -0.15) is 0 Å². The number of nitrogens with two attached hydrogens (primary N) is 2. The second kappa shape index (κ2) is 7.83. The Hall–Kier alpha value is -1.50. The molecule has 0 bridgehead atoms. The topological polar surface area (TPSA) is 98.1 Å². The molecule has 0 saturated carbocycles. The van der Waals surface area contributed by atoms with Crippen molar-refractivity contribution in [3.8, 4) is 0 Å². The van der Waals surface area contributed by atoms with Crippen LogP contribution in [-0.2, 0) is 4.79 Å². The van der Waals surface area contributed by atoms with Gasteiger partial charge in [0.15, 0.2) is 5.16 Å². The summed E-state index contributed by atoms with van der Waals surface area (Å²) < 4.78 is 0. The Balaban J connectivity index is 2.52. The summed E-state index contributed by atoms with van der Waals surface area (Å²) >= 11 is 1.26. The van der Waals surface area contributed by atoms with E-state index in [1.54, 1.807) is 0 Å². The Morgan fingerprint density at radius 1 is 1.32 bits per heavy atom. The smallest absolute Gasteiger partial charge is 0.233 e. The number of thioether (sulfide) groups is 1.